The molecule has 3 aromatic rings. The van der Waals surface area contributed by atoms with Crippen LogP contribution in [0.2, 0.25) is 0 Å². The lowest BCUT2D eigenvalue weighted by Crippen LogP contribution is -2.32. The van der Waals surface area contributed by atoms with Crippen molar-refractivity contribution in [3.63, 3.8) is 0 Å². The average Bonchev–Trinajstić information content (AvgIpc) is 3.31. The molecule has 44 heavy (non-hydrogen) atoms. The van der Waals surface area contributed by atoms with E-state index in [2.05, 4.69) is 0 Å². The van der Waals surface area contributed by atoms with E-state index in [1.54, 1.807) is 0 Å². The number of ether oxygens (including phenoxy) is 2. The van der Waals surface area contributed by atoms with Gasteiger partial charge in [-0.25, -0.2) is 9.18 Å². The minimum Gasteiger partial charge on any atom is -0.496 e. The van der Waals surface area contributed by atoms with Gasteiger partial charge in [0.2, 0.25) is 0 Å². The summed E-state index contributed by atoms with van der Waals surface area (Å²) in [6.45, 7) is -11.8. The number of alkyl halides is 9. The first kappa shape index (κ1) is 22.5. The van der Waals surface area contributed by atoms with Crippen molar-refractivity contribution in [1.82, 2.24) is 4.90 Å². The zero-order valence-electron chi connectivity index (χ0n) is 31.0. The van der Waals surface area contributed by atoms with Crippen molar-refractivity contribution in [3.8, 4) is 16.9 Å². The van der Waals surface area contributed by atoms with Gasteiger partial charge in [0, 0.05) is 23.5 Å². The molecular formula is C30H25F10NO3. The second-order valence-electron chi connectivity index (χ2n) is 9.56. The van der Waals surface area contributed by atoms with Gasteiger partial charge in [-0.1, -0.05) is 19.8 Å². The molecule has 1 fully saturated rings. The first-order valence-electron chi connectivity index (χ1n) is 16.7. The minimum absolute atomic E-state index is 0.110. The molecule has 0 radical (unpaired) electrons. The van der Waals surface area contributed by atoms with Crippen LogP contribution in [0, 0.1) is 5.82 Å². The maximum atomic E-state index is 15.7. The molecular weight excluding hydrogens is 612 g/mol. The standard InChI is InChI=1S/C30H25F10NO3/c1-14(2)24-22(31)7-8-23(43-4)25(24)21-6-5-18(28(32,33)34)11-17(21)13-41-15(3)26(44-27(41)42)16-9-19(29(35,36)37)12-20(10-16)30(38,39)40/h5-12,14-15,26H,13H2,1-4H3/t15-,26-/m0/s1/i1D3,2D3,3D3. The van der Waals surface area contributed by atoms with E-state index in [1.807, 2.05) is 0 Å². The van der Waals surface area contributed by atoms with E-state index in [0.717, 1.165) is 13.2 Å². The van der Waals surface area contributed by atoms with Crippen molar-refractivity contribution >= 4 is 6.09 Å². The van der Waals surface area contributed by atoms with Crippen LogP contribution in [0.5, 0.6) is 5.75 Å². The molecule has 4 rings (SSSR count). The molecule has 14 heteroatoms. The highest BCUT2D eigenvalue weighted by Gasteiger charge is 2.44. The Labute approximate surface area is 257 Å². The van der Waals surface area contributed by atoms with Crippen LogP contribution >= 0.6 is 0 Å². The fourth-order valence-corrected chi connectivity index (χ4v) is 4.71. The van der Waals surface area contributed by atoms with Gasteiger partial charge < -0.3 is 9.47 Å². The predicted octanol–water partition coefficient (Wildman–Crippen LogP) is 9.76. The van der Waals surface area contributed by atoms with Crippen LogP contribution in [0.4, 0.5) is 48.7 Å². The number of halogens is 10. The lowest BCUT2D eigenvalue weighted by Gasteiger charge is -2.25. The van der Waals surface area contributed by atoms with Crippen molar-refractivity contribution in [1.29, 1.82) is 0 Å². The van der Waals surface area contributed by atoms with Crippen molar-refractivity contribution in [2.45, 2.75) is 63.7 Å². The molecule has 1 heterocycles. The van der Waals surface area contributed by atoms with E-state index in [4.69, 9.17) is 21.8 Å². The number of cyclic esters (lactones) is 1. The summed E-state index contributed by atoms with van der Waals surface area (Å²) in [6.07, 6.45) is -20.1. The Bertz CT molecular complexity index is 1830. The molecule has 0 aromatic heterocycles. The number of benzene rings is 3. The molecule has 0 spiro atoms. The highest BCUT2D eigenvalue weighted by atomic mass is 19.4. The largest absolute Gasteiger partial charge is 0.496 e. The smallest absolute Gasteiger partial charge is 0.416 e. The van der Waals surface area contributed by atoms with Crippen LogP contribution in [0.3, 0.4) is 0 Å². The van der Waals surface area contributed by atoms with Crippen molar-refractivity contribution in [3.05, 3.63) is 87.7 Å². The van der Waals surface area contributed by atoms with E-state index in [1.165, 1.54) is 0 Å². The van der Waals surface area contributed by atoms with Crippen LogP contribution in [0.25, 0.3) is 11.1 Å². The van der Waals surface area contributed by atoms with Gasteiger partial charge in [0.15, 0.2) is 0 Å². The SMILES string of the molecule is [2H]C([2H])([2H])C(c1c(F)ccc(OC)c1-c1ccc(C(F)(F)F)cc1CN1C(=O)O[C@H](c2cc(C(F)(F)F)cc(C(F)(F)F)c2)[C@@H]1C([2H])([2H])[2H])C([2H])([2H])[2H]. The Balaban J connectivity index is 2.02. The molecule has 0 unspecified atom stereocenters. The summed E-state index contributed by atoms with van der Waals surface area (Å²) >= 11 is 0. The highest BCUT2D eigenvalue weighted by molar-refractivity contribution is 5.79. The van der Waals surface area contributed by atoms with E-state index in [9.17, 15) is 44.3 Å². The van der Waals surface area contributed by atoms with Gasteiger partial charge in [0.1, 0.15) is 17.7 Å². The van der Waals surface area contributed by atoms with Crippen molar-refractivity contribution in [2.24, 2.45) is 0 Å². The number of carbonyl (C=O) groups excluding carboxylic acids is 1. The lowest BCUT2D eigenvalue weighted by molar-refractivity contribution is -0.143. The quantitative estimate of drug-likeness (QED) is 0.251. The first-order valence-corrected chi connectivity index (χ1v) is 12.2. The Hall–Kier alpha value is -3.97. The maximum absolute atomic E-state index is 15.7. The Morgan fingerprint density at radius 2 is 1.50 bits per heavy atom. The molecule has 3 aromatic carbocycles. The molecule has 1 aliphatic heterocycles. The summed E-state index contributed by atoms with van der Waals surface area (Å²) in [6, 6.07) is 0.373. The monoisotopic (exact) mass is 646 g/mol. The molecule has 1 amide bonds. The van der Waals surface area contributed by atoms with E-state index in [0.29, 0.717) is 24.3 Å². The summed E-state index contributed by atoms with van der Waals surface area (Å²) in [5.41, 5.74) is -9.53. The summed E-state index contributed by atoms with van der Waals surface area (Å²) in [7, 11) is 0.960. The van der Waals surface area contributed by atoms with E-state index in [-0.39, 0.29) is 23.1 Å². The molecule has 1 aliphatic rings. The van der Waals surface area contributed by atoms with Crippen molar-refractivity contribution in [2.75, 3.05) is 7.11 Å². The van der Waals surface area contributed by atoms with Gasteiger partial charge >= 0.3 is 24.6 Å². The fourth-order valence-electron chi connectivity index (χ4n) is 4.71. The summed E-state index contributed by atoms with van der Waals surface area (Å²) in [4.78, 5) is 13.5. The second kappa shape index (κ2) is 11.5. The third kappa shape index (κ3) is 6.43. The average molecular weight is 647 g/mol. The summed E-state index contributed by atoms with van der Waals surface area (Å²) < 4.78 is 222. The van der Waals surface area contributed by atoms with Crippen LogP contribution in [-0.2, 0) is 29.8 Å². The van der Waals surface area contributed by atoms with Crippen LogP contribution < -0.4 is 4.74 Å². The minimum atomic E-state index is -5.41. The topological polar surface area (TPSA) is 38.8 Å². The van der Waals surface area contributed by atoms with Gasteiger partial charge in [-0.15, -0.1) is 0 Å². The molecule has 1 saturated heterocycles. The summed E-state index contributed by atoms with van der Waals surface area (Å²) in [5, 5.41) is 0. The van der Waals surface area contributed by atoms with Gasteiger partial charge in [-0.05, 0) is 71.9 Å². The van der Waals surface area contributed by atoms with E-state index >= 15 is 4.39 Å². The maximum Gasteiger partial charge on any atom is 0.416 e. The molecule has 2 atom stereocenters. The first-order chi connectivity index (χ1) is 23.9. The van der Waals surface area contributed by atoms with Gasteiger partial charge in [0.05, 0.1) is 36.4 Å². The van der Waals surface area contributed by atoms with Gasteiger partial charge in [-0.2, -0.15) is 39.5 Å². The zero-order chi connectivity index (χ0) is 40.4. The Morgan fingerprint density at radius 3 is 2.02 bits per heavy atom. The number of nitrogens with zero attached hydrogens (tertiary/aromatic N) is 1. The lowest BCUT2D eigenvalue weighted by atomic mass is 9.88. The van der Waals surface area contributed by atoms with Crippen LogP contribution in [0.15, 0.2) is 48.5 Å². The number of amides is 1. The third-order valence-corrected chi connectivity index (χ3v) is 6.73. The molecule has 0 N–H and O–H groups in total. The van der Waals surface area contributed by atoms with E-state index < -0.39 is 126 Å². The van der Waals surface area contributed by atoms with Gasteiger partial charge in [-0.3, -0.25) is 4.90 Å². The molecule has 238 valence electrons. The molecule has 0 saturated carbocycles. The summed E-state index contributed by atoms with van der Waals surface area (Å²) in [5.74, 6) is -4.59. The fraction of sp³-hybridized carbons (Fsp3) is 0.367. The van der Waals surface area contributed by atoms with Crippen molar-refractivity contribution < 1.29 is 70.5 Å². The highest BCUT2D eigenvalue weighted by Crippen LogP contribution is 2.45. The normalized spacial score (nSPS) is 21.7. The predicted molar refractivity (Wildman–Crippen MR) is 138 cm³/mol. The van der Waals surface area contributed by atoms with Crippen LogP contribution in [-0.4, -0.2) is 24.1 Å². The van der Waals surface area contributed by atoms with Gasteiger partial charge in [0.25, 0.3) is 0 Å². The molecule has 0 bridgehead atoms. The Morgan fingerprint density at radius 1 is 0.886 bits per heavy atom. The number of hydrogen-bond donors (Lipinski definition) is 0. The number of carbonyl (C=O) groups is 1. The second-order valence-corrected chi connectivity index (χ2v) is 9.56. The third-order valence-electron chi connectivity index (χ3n) is 6.73. The molecule has 0 aliphatic carbocycles. The van der Waals surface area contributed by atoms with Crippen LogP contribution in [0.1, 0.15) is 78.3 Å². The Kier molecular flexibility index (Phi) is 5.89. The molecule has 4 nitrogen and oxygen atoms in total. The number of rotatable bonds is 6. The number of methoxy groups -OCH3 is 1. The zero-order valence-corrected chi connectivity index (χ0v) is 22.0. The number of hydrogen-bond acceptors (Lipinski definition) is 3.